The highest BCUT2D eigenvalue weighted by molar-refractivity contribution is 7.89. The summed E-state index contributed by atoms with van der Waals surface area (Å²) in [5, 5.41) is 18.4. The van der Waals surface area contributed by atoms with Crippen LogP contribution in [0.1, 0.15) is 21.0 Å². The lowest BCUT2D eigenvalue weighted by Crippen LogP contribution is -2.53. The summed E-state index contributed by atoms with van der Waals surface area (Å²) in [4.78, 5) is 43.0. The van der Waals surface area contributed by atoms with Gasteiger partial charge in [0, 0.05) is 39.4 Å². The Morgan fingerprint density at radius 2 is 1.97 bits per heavy atom. The SMILES string of the molecule is O=C(NC(Cc1cccs1)C(=O)N1CCC2C1C(=O)CN2S(=O)(=O)c1cccc[n+]1[O-])c1cc2sccc2s1. The summed E-state index contributed by atoms with van der Waals surface area (Å²) in [7, 11) is -4.27. The Labute approximate surface area is 235 Å². The number of fused-ring (bicyclic) bond motifs is 2. The summed E-state index contributed by atoms with van der Waals surface area (Å²) in [6, 6.07) is 8.82. The van der Waals surface area contributed by atoms with Crippen molar-refractivity contribution in [3.8, 4) is 0 Å². The third kappa shape index (κ3) is 4.65. The number of rotatable bonds is 7. The summed E-state index contributed by atoms with van der Waals surface area (Å²) < 4.78 is 29.9. The molecule has 4 aromatic rings. The molecule has 2 saturated heterocycles. The smallest absolute Gasteiger partial charge is 0.323 e. The van der Waals surface area contributed by atoms with Crippen LogP contribution >= 0.6 is 34.0 Å². The number of carbonyl (C=O) groups is 3. The molecule has 0 aliphatic carbocycles. The van der Waals surface area contributed by atoms with Crippen LogP contribution in [0.3, 0.4) is 0 Å². The second-order valence-corrected chi connectivity index (χ2v) is 14.2. The van der Waals surface area contributed by atoms with Gasteiger partial charge in [-0.05, 0) is 41.4 Å². The summed E-state index contributed by atoms with van der Waals surface area (Å²) in [5.74, 6) is -1.23. The molecule has 1 N–H and O–H groups in total. The predicted octanol–water partition coefficient (Wildman–Crippen LogP) is 2.24. The number of hydrogen-bond acceptors (Lipinski definition) is 9. The third-order valence-corrected chi connectivity index (χ3v) is 11.8. The molecular weight excluding hydrogens is 581 g/mol. The van der Waals surface area contributed by atoms with Gasteiger partial charge in [-0.1, -0.05) is 6.07 Å². The molecule has 3 atom stereocenters. The van der Waals surface area contributed by atoms with Crippen molar-refractivity contribution in [3.63, 3.8) is 0 Å². The number of pyridine rings is 1. The molecule has 2 fully saturated rings. The van der Waals surface area contributed by atoms with Gasteiger partial charge in [0.25, 0.3) is 5.91 Å². The van der Waals surface area contributed by atoms with Gasteiger partial charge in [-0.15, -0.1) is 34.0 Å². The molecule has 0 bridgehead atoms. The summed E-state index contributed by atoms with van der Waals surface area (Å²) in [5.41, 5.74) is 0. The molecule has 4 aromatic heterocycles. The number of likely N-dealkylation sites (tertiary alicyclic amines) is 1. The zero-order valence-corrected chi connectivity index (χ0v) is 23.5. The van der Waals surface area contributed by atoms with Gasteiger partial charge in [0.15, 0.2) is 12.0 Å². The van der Waals surface area contributed by atoms with Crippen LogP contribution in [0.2, 0.25) is 0 Å². The Hall–Kier alpha value is -3.17. The fourth-order valence-corrected chi connectivity index (χ4v) is 9.63. The number of nitrogens with zero attached hydrogens (tertiary/aromatic N) is 3. The summed E-state index contributed by atoms with van der Waals surface area (Å²) >= 11 is 4.33. The van der Waals surface area contributed by atoms with Crippen molar-refractivity contribution in [3.05, 3.63) is 74.4 Å². The predicted molar refractivity (Wildman–Crippen MR) is 147 cm³/mol. The molecule has 39 heavy (non-hydrogen) atoms. The Morgan fingerprint density at radius 1 is 1.13 bits per heavy atom. The van der Waals surface area contributed by atoms with E-state index in [-0.39, 0.29) is 30.0 Å². The van der Waals surface area contributed by atoms with E-state index in [9.17, 15) is 28.0 Å². The van der Waals surface area contributed by atoms with Crippen molar-refractivity contribution in [2.75, 3.05) is 13.1 Å². The molecule has 3 unspecified atom stereocenters. The monoisotopic (exact) mass is 602 g/mol. The van der Waals surface area contributed by atoms with E-state index in [1.54, 1.807) is 6.07 Å². The van der Waals surface area contributed by atoms with Crippen LogP contribution < -0.4 is 10.0 Å². The van der Waals surface area contributed by atoms with E-state index in [1.807, 2.05) is 29.0 Å². The van der Waals surface area contributed by atoms with Crippen LogP contribution in [-0.2, 0) is 26.0 Å². The molecule has 2 amide bonds. The van der Waals surface area contributed by atoms with Crippen molar-refractivity contribution >= 4 is 71.0 Å². The van der Waals surface area contributed by atoms with Gasteiger partial charge in [0.1, 0.15) is 12.1 Å². The van der Waals surface area contributed by atoms with Crippen LogP contribution in [0.4, 0.5) is 0 Å². The van der Waals surface area contributed by atoms with Crippen LogP contribution in [0.5, 0.6) is 0 Å². The normalized spacial score (nSPS) is 20.4. The molecule has 6 heterocycles. The standard InChI is InChI=1S/C25H22N4O6S4/c30-18-14-29(39(34,35)22-5-1-2-8-28(22)33)17-6-9-27(23(17)18)25(32)16(12-15-4-3-10-36-15)26-24(31)21-13-20-19(38-21)7-11-37-20/h1-5,7-8,10-11,13,16-17,23H,6,9,12,14H2,(H,26,31). The molecule has 0 saturated carbocycles. The molecule has 0 radical (unpaired) electrons. The number of hydrogen-bond donors (Lipinski definition) is 1. The van der Waals surface area contributed by atoms with Crippen molar-refractivity contribution < 1.29 is 27.5 Å². The second kappa shape index (κ2) is 10.1. The first-order chi connectivity index (χ1) is 18.7. The maximum atomic E-state index is 13.9. The molecule has 10 nitrogen and oxygen atoms in total. The number of ketones is 1. The number of nitrogens with one attached hydrogen (secondary N) is 1. The van der Waals surface area contributed by atoms with Crippen molar-refractivity contribution in [2.24, 2.45) is 0 Å². The second-order valence-electron chi connectivity index (χ2n) is 9.28. The highest BCUT2D eigenvalue weighted by atomic mass is 32.2. The average molecular weight is 603 g/mol. The first-order valence-electron chi connectivity index (χ1n) is 12.1. The number of carbonyl (C=O) groups excluding carboxylic acids is 3. The topological polar surface area (TPSA) is 131 Å². The van der Waals surface area contributed by atoms with E-state index in [0.717, 1.165) is 24.8 Å². The van der Waals surface area contributed by atoms with E-state index in [4.69, 9.17) is 0 Å². The van der Waals surface area contributed by atoms with Crippen LogP contribution in [0.15, 0.2) is 64.4 Å². The zero-order valence-electron chi connectivity index (χ0n) is 20.3. The molecular formula is C25H22N4O6S4. The van der Waals surface area contributed by atoms with Gasteiger partial charge in [0.2, 0.25) is 5.91 Å². The zero-order chi connectivity index (χ0) is 27.3. The van der Waals surface area contributed by atoms with Gasteiger partial charge in [-0.25, -0.2) is 8.42 Å². The Kier molecular flexibility index (Phi) is 6.75. The minimum atomic E-state index is -4.27. The van der Waals surface area contributed by atoms with Gasteiger partial charge in [-0.3, -0.25) is 14.4 Å². The number of amides is 2. The maximum absolute atomic E-state index is 13.9. The van der Waals surface area contributed by atoms with Gasteiger partial charge < -0.3 is 15.4 Å². The lowest BCUT2D eigenvalue weighted by Gasteiger charge is -2.28. The number of thiophene rings is 3. The molecule has 202 valence electrons. The van der Waals surface area contributed by atoms with Crippen LogP contribution in [0.25, 0.3) is 9.40 Å². The summed E-state index contributed by atoms with van der Waals surface area (Å²) in [6.45, 7) is -0.270. The Morgan fingerprint density at radius 3 is 2.72 bits per heavy atom. The van der Waals surface area contributed by atoms with E-state index in [2.05, 4.69) is 5.32 Å². The largest absolute Gasteiger partial charge is 0.618 e. The Balaban J connectivity index is 1.25. The van der Waals surface area contributed by atoms with E-state index in [0.29, 0.717) is 4.88 Å². The molecule has 0 aromatic carbocycles. The minimum Gasteiger partial charge on any atom is -0.618 e. The Bertz CT molecular complexity index is 1650. The first kappa shape index (κ1) is 26.1. The fraction of sp³-hybridized carbons (Fsp3) is 0.280. The van der Waals surface area contributed by atoms with Crippen LogP contribution in [0, 0.1) is 5.21 Å². The first-order valence-corrected chi connectivity index (χ1v) is 16.1. The molecule has 6 rings (SSSR count). The van der Waals surface area contributed by atoms with E-state index >= 15 is 0 Å². The lowest BCUT2D eigenvalue weighted by atomic mass is 10.1. The fourth-order valence-electron chi connectivity index (χ4n) is 5.21. The quantitative estimate of drug-likeness (QED) is 0.255. The average Bonchev–Trinajstić information content (AvgIpc) is 3.71. The van der Waals surface area contributed by atoms with E-state index in [1.165, 1.54) is 57.1 Å². The highest BCUT2D eigenvalue weighted by Crippen LogP contribution is 2.34. The van der Waals surface area contributed by atoms with E-state index < -0.39 is 51.4 Å². The van der Waals surface area contributed by atoms with Gasteiger partial charge in [0.05, 0.1) is 17.5 Å². The highest BCUT2D eigenvalue weighted by Gasteiger charge is 2.55. The maximum Gasteiger partial charge on any atom is 0.323 e. The molecule has 2 aliphatic rings. The minimum absolute atomic E-state index is 0.156. The number of aromatic nitrogens is 1. The number of Topliss-reactive ketones (excluding diaryl/α,β-unsaturated/α-hetero) is 1. The van der Waals surface area contributed by atoms with Crippen molar-refractivity contribution in [2.45, 2.75) is 36.0 Å². The third-order valence-electron chi connectivity index (χ3n) is 6.97. The van der Waals surface area contributed by atoms with Crippen LogP contribution in [-0.4, -0.2) is 66.4 Å². The van der Waals surface area contributed by atoms with Crippen molar-refractivity contribution in [1.29, 1.82) is 0 Å². The van der Waals surface area contributed by atoms with Gasteiger partial charge >= 0.3 is 15.0 Å². The molecule has 2 aliphatic heterocycles. The van der Waals surface area contributed by atoms with Crippen molar-refractivity contribution in [1.82, 2.24) is 14.5 Å². The van der Waals surface area contributed by atoms with Gasteiger partial charge in [-0.2, -0.15) is 9.04 Å². The molecule has 0 spiro atoms. The summed E-state index contributed by atoms with van der Waals surface area (Å²) in [6.07, 6.45) is 1.57. The lowest BCUT2D eigenvalue weighted by molar-refractivity contribution is -0.646. The molecule has 14 heteroatoms. The number of sulfonamides is 1.